The van der Waals surface area contributed by atoms with Crippen molar-refractivity contribution >= 4 is 23.3 Å². The number of hydrogen-bond donors (Lipinski definition) is 3. The summed E-state index contributed by atoms with van der Waals surface area (Å²) in [7, 11) is 0. The molecule has 108 valence electrons. The Morgan fingerprint density at radius 2 is 2.05 bits per heavy atom. The quantitative estimate of drug-likeness (QED) is 0.532. The molecule has 1 rings (SSSR count). The normalized spacial score (nSPS) is 10.2. The molecule has 0 radical (unpaired) electrons. The van der Waals surface area contributed by atoms with Gasteiger partial charge in [-0.05, 0) is 26.0 Å². The number of carboxylic acid groups (broad SMARTS) is 1. The minimum absolute atomic E-state index is 0.00394. The lowest BCUT2D eigenvalue weighted by molar-refractivity contribution is -0.385. The van der Waals surface area contributed by atoms with Crippen molar-refractivity contribution in [3.8, 4) is 0 Å². The molecule has 0 bridgehead atoms. The molecule has 0 heterocycles. The Kier molecular flexibility index (Phi) is 5.01. The molecule has 20 heavy (non-hydrogen) atoms. The second kappa shape index (κ2) is 6.50. The van der Waals surface area contributed by atoms with Gasteiger partial charge in [-0.3, -0.25) is 14.9 Å². The molecular weight excluding hydrogens is 266 g/mol. The molecule has 0 unspecified atom stereocenters. The first kappa shape index (κ1) is 15.4. The number of aromatic carboxylic acids is 1. The average Bonchev–Trinajstić information content (AvgIpc) is 2.35. The van der Waals surface area contributed by atoms with E-state index in [1.165, 1.54) is 6.07 Å². The maximum atomic E-state index is 11.4. The van der Waals surface area contributed by atoms with Crippen LogP contribution in [0.5, 0.6) is 0 Å². The van der Waals surface area contributed by atoms with Crippen molar-refractivity contribution in [3.05, 3.63) is 33.9 Å². The van der Waals surface area contributed by atoms with Crippen molar-refractivity contribution in [2.45, 2.75) is 19.9 Å². The molecule has 0 aliphatic heterocycles. The zero-order valence-electron chi connectivity index (χ0n) is 11.0. The summed E-state index contributed by atoms with van der Waals surface area (Å²) in [5, 5.41) is 25.0. The molecule has 8 nitrogen and oxygen atoms in total. The standard InChI is InChI=1S/C12H15N3O5/c1-7(2)14-11(16)6-13-8-3-4-10(15(19)20)9(5-8)12(17)18/h3-5,7,13H,6H2,1-2H3,(H,14,16)(H,17,18). The Labute approximate surface area is 114 Å². The van der Waals surface area contributed by atoms with Gasteiger partial charge < -0.3 is 15.7 Å². The van der Waals surface area contributed by atoms with Gasteiger partial charge in [0.2, 0.25) is 5.91 Å². The molecule has 0 saturated heterocycles. The van der Waals surface area contributed by atoms with Crippen LogP contribution in [0.1, 0.15) is 24.2 Å². The number of nitro benzene ring substituents is 1. The Morgan fingerprint density at radius 1 is 1.40 bits per heavy atom. The number of rotatable bonds is 6. The number of nitrogens with one attached hydrogen (secondary N) is 2. The molecule has 8 heteroatoms. The summed E-state index contributed by atoms with van der Waals surface area (Å²) >= 11 is 0. The van der Waals surface area contributed by atoms with Crippen LogP contribution in [0.15, 0.2) is 18.2 Å². The fraction of sp³-hybridized carbons (Fsp3) is 0.333. The number of nitrogens with zero attached hydrogens (tertiary/aromatic N) is 1. The van der Waals surface area contributed by atoms with Gasteiger partial charge in [0.1, 0.15) is 5.56 Å². The van der Waals surface area contributed by atoms with E-state index in [-0.39, 0.29) is 18.5 Å². The monoisotopic (exact) mass is 281 g/mol. The van der Waals surface area contributed by atoms with Gasteiger partial charge in [-0.2, -0.15) is 0 Å². The predicted molar refractivity (Wildman–Crippen MR) is 71.8 cm³/mol. The SMILES string of the molecule is CC(C)NC(=O)CNc1ccc([N+](=O)[O-])c(C(=O)O)c1. The van der Waals surface area contributed by atoms with Crippen molar-refractivity contribution in [1.29, 1.82) is 0 Å². The van der Waals surface area contributed by atoms with E-state index in [0.717, 1.165) is 12.1 Å². The van der Waals surface area contributed by atoms with Crippen molar-refractivity contribution in [2.75, 3.05) is 11.9 Å². The smallest absolute Gasteiger partial charge is 0.342 e. The zero-order chi connectivity index (χ0) is 15.3. The Hall–Kier alpha value is -2.64. The van der Waals surface area contributed by atoms with Gasteiger partial charge in [-0.25, -0.2) is 4.79 Å². The number of carbonyl (C=O) groups is 2. The largest absolute Gasteiger partial charge is 0.477 e. The molecule has 0 aromatic heterocycles. The van der Waals surface area contributed by atoms with Crippen LogP contribution in [-0.4, -0.2) is 34.5 Å². The third-order valence-electron chi connectivity index (χ3n) is 2.33. The molecule has 0 spiro atoms. The summed E-state index contributed by atoms with van der Waals surface area (Å²) < 4.78 is 0. The van der Waals surface area contributed by atoms with Crippen LogP contribution < -0.4 is 10.6 Å². The Bertz CT molecular complexity index is 542. The molecule has 0 atom stereocenters. The van der Waals surface area contributed by atoms with Crippen LogP contribution >= 0.6 is 0 Å². The minimum Gasteiger partial charge on any atom is -0.477 e. The highest BCUT2D eigenvalue weighted by atomic mass is 16.6. The van der Waals surface area contributed by atoms with Crippen LogP contribution in [0.2, 0.25) is 0 Å². The minimum atomic E-state index is -1.40. The molecular formula is C12H15N3O5. The van der Waals surface area contributed by atoms with E-state index in [1.54, 1.807) is 0 Å². The lowest BCUT2D eigenvalue weighted by Crippen LogP contribution is -2.34. The molecule has 1 aromatic carbocycles. The van der Waals surface area contributed by atoms with Crippen LogP contribution in [0.4, 0.5) is 11.4 Å². The van der Waals surface area contributed by atoms with Crippen LogP contribution in [0.25, 0.3) is 0 Å². The molecule has 0 fully saturated rings. The van der Waals surface area contributed by atoms with Gasteiger partial charge in [-0.1, -0.05) is 0 Å². The predicted octanol–water partition coefficient (Wildman–Crippen LogP) is 1.23. The first-order valence-electron chi connectivity index (χ1n) is 5.86. The second-order valence-corrected chi connectivity index (χ2v) is 4.37. The van der Waals surface area contributed by atoms with E-state index in [4.69, 9.17) is 5.11 Å². The van der Waals surface area contributed by atoms with E-state index in [1.807, 2.05) is 13.8 Å². The van der Waals surface area contributed by atoms with Crippen molar-refractivity contribution in [2.24, 2.45) is 0 Å². The van der Waals surface area contributed by atoms with Gasteiger partial charge in [0.05, 0.1) is 11.5 Å². The number of carboxylic acids is 1. The number of anilines is 1. The summed E-state index contributed by atoms with van der Waals surface area (Å²) in [6, 6.07) is 3.57. The fourth-order valence-corrected chi connectivity index (χ4v) is 1.53. The maximum absolute atomic E-state index is 11.4. The average molecular weight is 281 g/mol. The van der Waals surface area contributed by atoms with Crippen LogP contribution in [-0.2, 0) is 4.79 Å². The van der Waals surface area contributed by atoms with Crippen molar-refractivity contribution < 1.29 is 19.6 Å². The summed E-state index contributed by atoms with van der Waals surface area (Å²) in [6.45, 7) is 3.58. The molecule has 0 aliphatic carbocycles. The van der Waals surface area contributed by atoms with Crippen LogP contribution in [0.3, 0.4) is 0 Å². The van der Waals surface area contributed by atoms with Gasteiger partial charge in [0.15, 0.2) is 0 Å². The number of amides is 1. The maximum Gasteiger partial charge on any atom is 0.342 e. The summed E-state index contributed by atoms with van der Waals surface area (Å²) in [5.74, 6) is -1.65. The highest BCUT2D eigenvalue weighted by molar-refractivity contribution is 5.93. The van der Waals surface area contributed by atoms with Crippen molar-refractivity contribution in [3.63, 3.8) is 0 Å². The lowest BCUT2D eigenvalue weighted by Gasteiger charge is -2.10. The highest BCUT2D eigenvalue weighted by Gasteiger charge is 2.20. The summed E-state index contributed by atoms with van der Waals surface area (Å²) in [4.78, 5) is 32.3. The van der Waals surface area contributed by atoms with Gasteiger partial charge in [-0.15, -0.1) is 0 Å². The third kappa shape index (κ3) is 4.23. The fourth-order valence-electron chi connectivity index (χ4n) is 1.53. The van der Waals surface area contributed by atoms with Crippen molar-refractivity contribution in [1.82, 2.24) is 5.32 Å². The van der Waals surface area contributed by atoms with Gasteiger partial charge >= 0.3 is 5.97 Å². The van der Waals surface area contributed by atoms with E-state index < -0.39 is 22.1 Å². The number of hydrogen-bond acceptors (Lipinski definition) is 5. The topological polar surface area (TPSA) is 122 Å². The molecule has 1 amide bonds. The summed E-state index contributed by atoms with van der Waals surface area (Å²) in [6.07, 6.45) is 0. The number of benzene rings is 1. The second-order valence-electron chi connectivity index (χ2n) is 4.37. The number of carbonyl (C=O) groups excluding carboxylic acids is 1. The van der Waals surface area contributed by atoms with E-state index in [9.17, 15) is 19.7 Å². The molecule has 3 N–H and O–H groups in total. The molecule has 0 aliphatic rings. The first-order valence-corrected chi connectivity index (χ1v) is 5.86. The zero-order valence-corrected chi connectivity index (χ0v) is 11.0. The molecule has 1 aromatic rings. The van der Waals surface area contributed by atoms with Gasteiger partial charge in [0, 0.05) is 17.8 Å². The van der Waals surface area contributed by atoms with Crippen LogP contribution in [0, 0.1) is 10.1 Å². The van der Waals surface area contributed by atoms with E-state index in [0.29, 0.717) is 5.69 Å². The summed E-state index contributed by atoms with van der Waals surface area (Å²) in [5.41, 5.74) is -0.592. The van der Waals surface area contributed by atoms with E-state index in [2.05, 4.69) is 10.6 Å². The highest BCUT2D eigenvalue weighted by Crippen LogP contribution is 2.22. The Balaban J connectivity index is 2.83. The first-order chi connectivity index (χ1) is 9.31. The molecule has 0 saturated carbocycles. The Morgan fingerprint density at radius 3 is 2.55 bits per heavy atom. The number of nitro groups is 1. The van der Waals surface area contributed by atoms with Gasteiger partial charge in [0.25, 0.3) is 5.69 Å². The third-order valence-corrected chi connectivity index (χ3v) is 2.33. The van der Waals surface area contributed by atoms with E-state index >= 15 is 0 Å². The lowest BCUT2D eigenvalue weighted by atomic mass is 10.1.